The fourth-order valence-corrected chi connectivity index (χ4v) is 4.52. The van der Waals surface area contributed by atoms with Crippen molar-refractivity contribution in [2.45, 2.75) is 6.54 Å². The second-order valence-electron chi connectivity index (χ2n) is 9.40. The van der Waals surface area contributed by atoms with Gasteiger partial charge in [-0.25, -0.2) is 0 Å². The van der Waals surface area contributed by atoms with Crippen molar-refractivity contribution in [3.05, 3.63) is 47.5 Å². The van der Waals surface area contributed by atoms with Gasteiger partial charge in [-0.05, 0) is 35.9 Å². The Balaban J connectivity index is 0.000000149. The van der Waals surface area contributed by atoms with Gasteiger partial charge in [0.2, 0.25) is 13.6 Å². The van der Waals surface area contributed by atoms with Crippen molar-refractivity contribution in [1.82, 2.24) is 20.0 Å². The fraction of sp³-hybridized carbons (Fsp3) is 0.433. The van der Waals surface area contributed by atoms with Crippen LogP contribution < -0.4 is 24.3 Å². The van der Waals surface area contributed by atoms with Gasteiger partial charge >= 0.3 is 0 Å². The molecule has 2 aromatic carbocycles. The predicted octanol–water partition coefficient (Wildman–Crippen LogP) is 1.92. The summed E-state index contributed by atoms with van der Waals surface area (Å²) in [6.07, 6.45) is 11.3. The Morgan fingerprint density at radius 3 is 1.87 bits per heavy atom. The van der Waals surface area contributed by atoms with Crippen LogP contribution in [0.5, 0.6) is 23.0 Å². The summed E-state index contributed by atoms with van der Waals surface area (Å²) in [4.78, 5) is 17.3. The molecule has 0 aliphatic carbocycles. The molecule has 9 heteroatoms. The van der Waals surface area contributed by atoms with E-state index in [1.165, 1.54) is 5.56 Å². The molecule has 0 atom stereocenters. The van der Waals surface area contributed by atoms with Crippen molar-refractivity contribution < 1.29 is 23.7 Å². The Morgan fingerprint density at radius 1 is 0.718 bits per heavy atom. The van der Waals surface area contributed by atoms with Crippen molar-refractivity contribution in [3.8, 4) is 47.7 Å². The van der Waals surface area contributed by atoms with Gasteiger partial charge in [0.25, 0.3) is 0 Å². The summed E-state index contributed by atoms with van der Waals surface area (Å²) in [5.41, 5.74) is 1.88. The summed E-state index contributed by atoms with van der Waals surface area (Å²) in [6.45, 7) is 11.7. The van der Waals surface area contributed by atoms with Crippen LogP contribution in [-0.2, 0) is 6.54 Å². The predicted molar refractivity (Wildman–Crippen MR) is 149 cm³/mol. The van der Waals surface area contributed by atoms with Gasteiger partial charge in [0.05, 0.1) is 13.1 Å². The lowest BCUT2D eigenvalue weighted by molar-refractivity contribution is 0.112. The first kappa shape index (κ1) is 28.3. The Bertz CT molecular complexity index is 1160. The third-order valence-corrected chi connectivity index (χ3v) is 6.68. The van der Waals surface area contributed by atoms with Gasteiger partial charge < -0.3 is 24.3 Å². The SMILES string of the molecule is C#CCN1CCN(Cc2ccc3c(c2)OCO3)CC1.C#CCN1CCNCC1.O=Cc1ccc2c(c1)OCO2. The number of ether oxygens (including phenoxy) is 4. The molecule has 2 aromatic rings. The molecule has 0 saturated carbocycles. The Hall–Kier alpha value is -3.73. The van der Waals surface area contributed by atoms with Gasteiger partial charge in [-0.2, -0.15) is 0 Å². The van der Waals surface area contributed by atoms with Crippen molar-refractivity contribution in [2.24, 2.45) is 0 Å². The zero-order valence-corrected chi connectivity index (χ0v) is 22.3. The Morgan fingerprint density at radius 2 is 1.26 bits per heavy atom. The van der Waals surface area contributed by atoms with Crippen LogP contribution in [0.15, 0.2) is 36.4 Å². The summed E-state index contributed by atoms with van der Waals surface area (Å²) in [7, 11) is 0. The number of carbonyl (C=O) groups is 1. The molecular formula is C30H36N4O5. The quantitative estimate of drug-likeness (QED) is 0.459. The average molecular weight is 533 g/mol. The van der Waals surface area contributed by atoms with Gasteiger partial charge in [-0.1, -0.05) is 17.9 Å². The molecule has 206 valence electrons. The van der Waals surface area contributed by atoms with E-state index in [1.54, 1.807) is 18.2 Å². The van der Waals surface area contributed by atoms with E-state index in [0.29, 0.717) is 23.9 Å². The highest BCUT2D eigenvalue weighted by atomic mass is 16.7. The van der Waals surface area contributed by atoms with Crippen molar-refractivity contribution in [2.75, 3.05) is 79.0 Å². The maximum Gasteiger partial charge on any atom is 0.231 e. The molecule has 4 aliphatic heterocycles. The van der Waals surface area contributed by atoms with Crippen molar-refractivity contribution in [1.29, 1.82) is 0 Å². The number of hydrogen-bond donors (Lipinski definition) is 1. The monoisotopic (exact) mass is 532 g/mol. The fourth-order valence-electron chi connectivity index (χ4n) is 4.52. The molecule has 4 heterocycles. The first-order valence-corrected chi connectivity index (χ1v) is 13.2. The van der Waals surface area contributed by atoms with E-state index in [0.717, 1.165) is 89.8 Å². The molecule has 0 aromatic heterocycles. The van der Waals surface area contributed by atoms with Crippen LogP contribution in [-0.4, -0.2) is 100 Å². The lowest BCUT2D eigenvalue weighted by atomic mass is 10.1. The Labute approximate surface area is 230 Å². The van der Waals surface area contributed by atoms with Gasteiger partial charge in [-0.3, -0.25) is 19.5 Å². The van der Waals surface area contributed by atoms with Gasteiger partial charge in [0, 0.05) is 64.5 Å². The van der Waals surface area contributed by atoms with Gasteiger partial charge in [-0.15, -0.1) is 12.8 Å². The number of nitrogens with zero attached hydrogens (tertiary/aromatic N) is 3. The van der Waals surface area contributed by atoms with Crippen LogP contribution in [0.25, 0.3) is 0 Å². The third kappa shape index (κ3) is 8.64. The summed E-state index contributed by atoms with van der Waals surface area (Å²) >= 11 is 0. The molecule has 0 spiro atoms. The number of piperazine rings is 2. The number of benzene rings is 2. The topological polar surface area (TPSA) is 75.7 Å². The minimum absolute atomic E-state index is 0.248. The lowest BCUT2D eigenvalue weighted by Crippen LogP contribution is -2.45. The molecule has 1 N–H and O–H groups in total. The maximum absolute atomic E-state index is 10.3. The van der Waals surface area contributed by atoms with Crippen LogP contribution in [0.4, 0.5) is 0 Å². The summed E-state index contributed by atoms with van der Waals surface area (Å²) in [5, 5.41) is 3.26. The normalized spacial score (nSPS) is 18.0. The van der Waals surface area contributed by atoms with Crippen molar-refractivity contribution >= 4 is 6.29 Å². The molecule has 39 heavy (non-hydrogen) atoms. The first-order valence-electron chi connectivity index (χ1n) is 13.2. The van der Waals surface area contributed by atoms with E-state index in [9.17, 15) is 4.79 Å². The Kier molecular flexibility index (Phi) is 10.9. The minimum atomic E-state index is 0.248. The number of fused-ring (bicyclic) bond motifs is 2. The van der Waals surface area contributed by atoms with E-state index in [4.69, 9.17) is 31.8 Å². The van der Waals surface area contributed by atoms with Crippen LogP contribution in [0.3, 0.4) is 0 Å². The van der Waals surface area contributed by atoms with Crippen LogP contribution in [0.2, 0.25) is 0 Å². The van der Waals surface area contributed by atoms with Gasteiger partial charge in [0.15, 0.2) is 23.0 Å². The van der Waals surface area contributed by atoms with E-state index in [-0.39, 0.29) is 6.79 Å². The van der Waals surface area contributed by atoms with Crippen LogP contribution in [0.1, 0.15) is 15.9 Å². The number of rotatable bonds is 5. The summed E-state index contributed by atoms with van der Waals surface area (Å²) in [6, 6.07) is 11.3. The molecule has 0 amide bonds. The van der Waals surface area contributed by atoms with Crippen molar-refractivity contribution in [3.63, 3.8) is 0 Å². The molecule has 2 saturated heterocycles. The number of hydrogen-bond acceptors (Lipinski definition) is 9. The molecule has 6 rings (SSSR count). The van der Waals surface area contributed by atoms with E-state index < -0.39 is 0 Å². The molecule has 0 unspecified atom stereocenters. The summed E-state index contributed by atoms with van der Waals surface area (Å²) < 4.78 is 20.8. The lowest BCUT2D eigenvalue weighted by Gasteiger charge is -2.33. The van der Waals surface area contributed by atoms with E-state index >= 15 is 0 Å². The van der Waals surface area contributed by atoms with E-state index in [2.05, 4.69) is 44.0 Å². The largest absolute Gasteiger partial charge is 0.454 e. The highest BCUT2D eigenvalue weighted by molar-refractivity contribution is 5.76. The zero-order chi connectivity index (χ0) is 27.3. The van der Waals surface area contributed by atoms with Crippen LogP contribution >= 0.6 is 0 Å². The zero-order valence-electron chi connectivity index (χ0n) is 22.3. The molecule has 2 fully saturated rings. The van der Waals surface area contributed by atoms with E-state index in [1.807, 2.05) is 6.07 Å². The number of aldehydes is 1. The summed E-state index contributed by atoms with van der Waals surface area (Å²) in [5.74, 6) is 8.41. The second-order valence-corrected chi connectivity index (χ2v) is 9.40. The second kappa shape index (κ2) is 15.0. The minimum Gasteiger partial charge on any atom is -0.454 e. The standard InChI is InChI=1S/C15H18N2O2.C8H6O3.C7H12N2/c1-2-5-16-6-8-17(9-7-16)11-13-3-4-14-15(10-13)19-12-18-14;9-4-6-1-2-7-8(3-6)11-5-10-7;1-2-5-9-6-3-8-4-7-9/h1,3-4,10H,5-9,11-12H2;1-4H,5H2;1,8H,3-7H2. The third-order valence-electron chi connectivity index (χ3n) is 6.68. The van der Waals surface area contributed by atoms with Crippen LogP contribution in [0, 0.1) is 24.7 Å². The molecule has 0 bridgehead atoms. The number of carbonyl (C=O) groups excluding carboxylic acids is 1. The molecule has 4 aliphatic rings. The number of terminal acetylenes is 2. The maximum atomic E-state index is 10.3. The molecule has 9 nitrogen and oxygen atoms in total. The van der Waals surface area contributed by atoms with Gasteiger partial charge in [0.1, 0.15) is 6.29 Å². The number of nitrogens with one attached hydrogen (secondary N) is 1. The highest BCUT2D eigenvalue weighted by Gasteiger charge is 2.18. The average Bonchev–Trinajstić information content (AvgIpc) is 3.65. The smallest absolute Gasteiger partial charge is 0.231 e. The highest BCUT2D eigenvalue weighted by Crippen LogP contribution is 2.33. The first-order chi connectivity index (χ1) is 19.2. The molecular weight excluding hydrogens is 496 g/mol. The molecule has 0 radical (unpaired) electrons.